The van der Waals surface area contributed by atoms with Gasteiger partial charge in [0.1, 0.15) is 23.5 Å². The number of nitrogens with zero attached hydrogens (tertiary/aromatic N) is 4. The van der Waals surface area contributed by atoms with Crippen LogP contribution in [0.25, 0.3) is 31.9 Å². The number of nitrogens with one attached hydrogen (secondary N) is 1. The lowest BCUT2D eigenvalue weighted by atomic mass is 10.0. The molecule has 2 N–H and O–H groups in total. The summed E-state index contributed by atoms with van der Waals surface area (Å²) in [4.78, 5) is 9.59. The number of H-pyrrole nitrogens is 1. The van der Waals surface area contributed by atoms with Crippen molar-refractivity contribution in [3.8, 4) is 27.4 Å². The van der Waals surface area contributed by atoms with Crippen molar-refractivity contribution in [2.24, 2.45) is 0 Å². The fourth-order valence-electron chi connectivity index (χ4n) is 5.08. The van der Waals surface area contributed by atoms with Gasteiger partial charge < -0.3 is 14.7 Å². The second-order valence-electron chi connectivity index (χ2n) is 9.98. The number of rotatable bonds is 10. The van der Waals surface area contributed by atoms with Crippen LogP contribution in [0.5, 0.6) is 5.75 Å². The molecule has 3 aromatic carbocycles. The molecule has 5 aromatic rings. The van der Waals surface area contributed by atoms with Gasteiger partial charge in [0.25, 0.3) is 0 Å². The third-order valence-electron chi connectivity index (χ3n) is 7.22. The van der Waals surface area contributed by atoms with Crippen LogP contribution >= 0.6 is 11.3 Å². The fraction of sp³-hybridized carbons (Fsp3) is 0.290. The minimum atomic E-state index is -0.542. The standard InChI is InChI=1S/C31H33N5O2S/c37-25(22-38-26-11-12-30-29(19-26)33-31(39-30)24-9-5-2-6-10-24)21-36-17-15-35(16-18-36)14-13-28-27(20-32-34-28)23-7-3-1-4-8-23/h1-12,19-20,25,37H,13-18,21-22H2,(H,32,34)/t25-/m0/s1. The number of aliphatic hydroxyl groups is 1. The van der Waals surface area contributed by atoms with Gasteiger partial charge in [-0.1, -0.05) is 60.7 Å². The molecule has 8 heteroatoms. The van der Waals surface area contributed by atoms with E-state index in [0.717, 1.165) is 71.4 Å². The normalized spacial score (nSPS) is 15.5. The maximum atomic E-state index is 10.7. The van der Waals surface area contributed by atoms with Crippen LogP contribution in [0.3, 0.4) is 0 Å². The van der Waals surface area contributed by atoms with Crippen LogP contribution in [0, 0.1) is 0 Å². The summed E-state index contributed by atoms with van der Waals surface area (Å²) in [7, 11) is 0. The van der Waals surface area contributed by atoms with E-state index in [2.05, 4.69) is 56.4 Å². The molecule has 0 amide bonds. The molecule has 7 nitrogen and oxygen atoms in total. The highest BCUT2D eigenvalue weighted by Crippen LogP contribution is 2.32. The summed E-state index contributed by atoms with van der Waals surface area (Å²) < 4.78 is 7.08. The van der Waals surface area contributed by atoms with E-state index >= 15 is 0 Å². The monoisotopic (exact) mass is 539 g/mol. The predicted octanol–water partition coefficient (Wildman–Crippen LogP) is 4.95. The molecule has 0 unspecified atom stereocenters. The number of ether oxygens (including phenoxy) is 1. The average Bonchev–Trinajstić information content (AvgIpc) is 3.64. The molecule has 6 rings (SSSR count). The summed E-state index contributed by atoms with van der Waals surface area (Å²) in [5.74, 6) is 0.740. The third kappa shape index (κ3) is 6.37. The van der Waals surface area contributed by atoms with Crippen molar-refractivity contribution in [3.63, 3.8) is 0 Å². The maximum absolute atomic E-state index is 10.7. The Morgan fingerprint density at radius 2 is 1.62 bits per heavy atom. The highest BCUT2D eigenvalue weighted by Gasteiger charge is 2.20. The molecule has 1 aliphatic rings. The van der Waals surface area contributed by atoms with Crippen molar-refractivity contribution < 1.29 is 9.84 Å². The van der Waals surface area contributed by atoms with Crippen LogP contribution in [0.2, 0.25) is 0 Å². The van der Waals surface area contributed by atoms with Crippen LogP contribution in [0.15, 0.2) is 85.1 Å². The zero-order valence-corrected chi connectivity index (χ0v) is 22.7. The van der Waals surface area contributed by atoms with E-state index in [9.17, 15) is 5.11 Å². The first-order valence-electron chi connectivity index (χ1n) is 13.5. The number of thiazole rings is 1. The molecular formula is C31H33N5O2S. The van der Waals surface area contributed by atoms with E-state index in [0.29, 0.717) is 6.54 Å². The summed E-state index contributed by atoms with van der Waals surface area (Å²) in [6.07, 6.45) is 2.36. The number of benzene rings is 3. The van der Waals surface area contributed by atoms with Crippen molar-refractivity contribution in [3.05, 3.63) is 90.8 Å². The summed E-state index contributed by atoms with van der Waals surface area (Å²) >= 11 is 1.68. The van der Waals surface area contributed by atoms with Gasteiger partial charge in [0.15, 0.2) is 0 Å². The van der Waals surface area contributed by atoms with Crippen molar-refractivity contribution in [2.75, 3.05) is 45.9 Å². The molecule has 200 valence electrons. The van der Waals surface area contributed by atoms with Crippen molar-refractivity contribution in [1.82, 2.24) is 25.0 Å². The molecule has 0 bridgehead atoms. The maximum Gasteiger partial charge on any atom is 0.124 e. The minimum absolute atomic E-state index is 0.267. The first-order valence-corrected chi connectivity index (χ1v) is 14.3. The van der Waals surface area contributed by atoms with Crippen molar-refractivity contribution >= 4 is 21.6 Å². The second-order valence-corrected chi connectivity index (χ2v) is 11.0. The van der Waals surface area contributed by atoms with Crippen LogP contribution in [0.4, 0.5) is 0 Å². The highest BCUT2D eigenvalue weighted by molar-refractivity contribution is 7.21. The lowest BCUT2D eigenvalue weighted by Gasteiger charge is -2.35. The quantitative estimate of drug-likeness (QED) is 0.261. The minimum Gasteiger partial charge on any atom is -0.491 e. The van der Waals surface area contributed by atoms with Crippen LogP contribution in [-0.4, -0.2) is 82.1 Å². The van der Waals surface area contributed by atoms with Crippen LogP contribution in [-0.2, 0) is 6.42 Å². The molecular weight excluding hydrogens is 506 g/mol. The third-order valence-corrected chi connectivity index (χ3v) is 8.31. The molecule has 3 heterocycles. The number of aromatic amines is 1. The Hall–Kier alpha value is -3.56. The molecule has 1 atom stereocenters. The SMILES string of the molecule is O[C@H](COc1ccc2sc(-c3ccccc3)nc2c1)CN1CCN(CCc2n[nH]cc2-c2ccccc2)CC1. The van der Waals surface area contributed by atoms with E-state index in [-0.39, 0.29) is 6.61 Å². The number of hydrogen-bond acceptors (Lipinski definition) is 7. The smallest absolute Gasteiger partial charge is 0.124 e. The zero-order valence-electron chi connectivity index (χ0n) is 21.9. The number of hydrogen-bond donors (Lipinski definition) is 2. The lowest BCUT2D eigenvalue weighted by Crippen LogP contribution is -2.49. The molecule has 0 radical (unpaired) electrons. The van der Waals surface area contributed by atoms with Crippen LogP contribution < -0.4 is 4.74 Å². The van der Waals surface area contributed by atoms with Crippen LogP contribution in [0.1, 0.15) is 5.69 Å². The van der Waals surface area contributed by atoms with Gasteiger partial charge in [0.2, 0.25) is 0 Å². The van der Waals surface area contributed by atoms with Gasteiger partial charge in [-0.05, 0) is 17.7 Å². The van der Waals surface area contributed by atoms with E-state index in [4.69, 9.17) is 9.72 Å². The fourth-order valence-corrected chi connectivity index (χ4v) is 6.03. The Morgan fingerprint density at radius 3 is 2.38 bits per heavy atom. The topological polar surface area (TPSA) is 77.5 Å². The molecule has 2 aromatic heterocycles. The Balaban J connectivity index is 0.947. The molecule has 0 spiro atoms. The average molecular weight is 540 g/mol. The van der Waals surface area contributed by atoms with Crippen molar-refractivity contribution in [2.45, 2.75) is 12.5 Å². The first-order chi connectivity index (χ1) is 19.2. The molecule has 1 fully saturated rings. The van der Waals surface area contributed by atoms with E-state index in [1.165, 1.54) is 11.1 Å². The number of aromatic nitrogens is 3. The molecule has 1 aliphatic heterocycles. The molecule has 0 aliphatic carbocycles. The summed E-state index contributed by atoms with van der Waals surface area (Å²) in [5.41, 5.74) is 5.54. The number of piperazine rings is 1. The number of β-amino-alcohol motifs (C(OH)–C–C–N with tert-alkyl or cyclic N) is 1. The van der Waals surface area contributed by atoms with Gasteiger partial charge >= 0.3 is 0 Å². The summed E-state index contributed by atoms with van der Waals surface area (Å²) in [5, 5.41) is 19.2. The summed E-state index contributed by atoms with van der Waals surface area (Å²) in [6, 6.07) is 26.6. The van der Waals surface area contributed by atoms with Gasteiger partial charge in [-0.2, -0.15) is 5.10 Å². The predicted molar refractivity (Wildman–Crippen MR) is 157 cm³/mol. The van der Waals surface area contributed by atoms with Gasteiger partial charge in [0, 0.05) is 69.1 Å². The molecule has 39 heavy (non-hydrogen) atoms. The second kappa shape index (κ2) is 12.1. The summed E-state index contributed by atoms with van der Waals surface area (Å²) in [6.45, 7) is 5.72. The van der Waals surface area contributed by atoms with E-state index in [1.807, 2.05) is 48.7 Å². The van der Waals surface area contributed by atoms with Gasteiger partial charge in [-0.25, -0.2) is 4.98 Å². The van der Waals surface area contributed by atoms with E-state index < -0.39 is 6.10 Å². The van der Waals surface area contributed by atoms with Gasteiger partial charge in [-0.3, -0.25) is 10.00 Å². The highest BCUT2D eigenvalue weighted by atomic mass is 32.1. The lowest BCUT2D eigenvalue weighted by molar-refractivity contribution is 0.0463. The molecule has 0 saturated carbocycles. The largest absolute Gasteiger partial charge is 0.491 e. The Morgan fingerprint density at radius 1 is 0.897 bits per heavy atom. The Labute approximate surface area is 232 Å². The Kier molecular flexibility index (Phi) is 7.97. The van der Waals surface area contributed by atoms with Gasteiger partial charge in [-0.15, -0.1) is 11.3 Å². The number of fused-ring (bicyclic) bond motifs is 1. The molecule has 1 saturated heterocycles. The van der Waals surface area contributed by atoms with Gasteiger partial charge in [0.05, 0.1) is 15.9 Å². The zero-order chi connectivity index (χ0) is 26.4. The first kappa shape index (κ1) is 25.7. The van der Waals surface area contributed by atoms with E-state index in [1.54, 1.807) is 11.3 Å². The number of aliphatic hydroxyl groups excluding tert-OH is 1. The Bertz CT molecular complexity index is 1480. The van der Waals surface area contributed by atoms with Crippen molar-refractivity contribution in [1.29, 1.82) is 0 Å².